The van der Waals surface area contributed by atoms with Crippen molar-refractivity contribution in [2.24, 2.45) is 5.92 Å². The highest BCUT2D eigenvalue weighted by Gasteiger charge is 2.16. The van der Waals surface area contributed by atoms with Gasteiger partial charge in [0.2, 0.25) is 0 Å². The van der Waals surface area contributed by atoms with E-state index in [9.17, 15) is 4.79 Å². The monoisotopic (exact) mass is 275 g/mol. The lowest BCUT2D eigenvalue weighted by atomic mass is 10.0. The minimum Gasteiger partial charge on any atom is -0.384 e. The first-order valence-electron chi connectivity index (χ1n) is 6.58. The van der Waals surface area contributed by atoms with Crippen molar-refractivity contribution in [1.29, 1.82) is 0 Å². The number of benzene rings is 1. The lowest BCUT2D eigenvalue weighted by molar-refractivity contribution is 0.0866. The molecule has 0 spiro atoms. The van der Waals surface area contributed by atoms with Crippen molar-refractivity contribution in [3.63, 3.8) is 0 Å². The van der Waals surface area contributed by atoms with E-state index in [-0.39, 0.29) is 18.6 Å². The quantitative estimate of drug-likeness (QED) is 0.799. The van der Waals surface area contributed by atoms with Crippen LogP contribution >= 0.6 is 0 Å². The molecule has 1 rings (SSSR count). The van der Waals surface area contributed by atoms with Gasteiger partial charge in [-0.05, 0) is 30.2 Å². The van der Waals surface area contributed by atoms with Crippen LogP contribution in [0.1, 0.15) is 29.8 Å². The van der Waals surface area contributed by atoms with Crippen molar-refractivity contribution in [3.8, 4) is 11.8 Å². The summed E-state index contributed by atoms with van der Waals surface area (Å²) in [4.78, 5) is 12.1. The third-order valence-electron chi connectivity index (χ3n) is 2.93. The molecule has 4 heteroatoms. The fourth-order valence-corrected chi connectivity index (χ4v) is 1.68. The smallest absolute Gasteiger partial charge is 0.251 e. The van der Waals surface area contributed by atoms with Crippen molar-refractivity contribution < 1.29 is 14.6 Å². The minimum absolute atomic E-state index is 0.0126. The van der Waals surface area contributed by atoms with Crippen LogP contribution in [-0.2, 0) is 4.74 Å². The summed E-state index contributed by atoms with van der Waals surface area (Å²) in [6, 6.07) is 6.96. The number of hydrogen-bond donors (Lipinski definition) is 2. The summed E-state index contributed by atoms with van der Waals surface area (Å²) in [6.07, 6.45) is 0. The third kappa shape index (κ3) is 5.04. The Bertz CT molecular complexity index is 483. The van der Waals surface area contributed by atoms with Crippen molar-refractivity contribution in [3.05, 3.63) is 35.4 Å². The molecule has 1 aromatic rings. The molecule has 4 nitrogen and oxygen atoms in total. The molecule has 1 unspecified atom stereocenters. The zero-order valence-corrected chi connectivity index (χ0v) is 12.1. The summed E-state index contributed by atoms with van der Waals surface area (Å²) >= 11 is 0. The van der Waals surface area contributed by atoms with Crippen molar-refractivity contribution >= 4 is 5.91 Å². The van der Waals surface area contributed by atoms with Gasteiger partial charge in [-0.1, -0.05) is 25.7 Å². The Hall–Kier alpha value is -1.83. The first-order valence-corrected chi connectivity index (χ1v) is 6.58. The Morgan fingerprint density at radius 2 is 2.00 bits per heavy atom. The number of carbonyl (C=O) groups is 1. The molecule has 0 heterocycles. The van der Waals surface area contributed by atoms with E-state index >= 15 is 0 Å². The zero-order chi connectivity index (χ0) is 15.0. The average Bonchev–Trinajstić information content (AvgIpc) is 2.45. The van der Waals surface area contributed by atoms with E-state index in [1.807, 2.05) is 13.8 Å². The average molecular weight is 275 g/mol. The number of aliphatic hydroxyl groups excluding tert-OH is 1. The van der Waals surface area contributed by atoms with Crippen molar-refractivity contribution in [1.82, 2.24) is 5.32 Å². The zero-order valence-electron chi connectivity index (χ0n) is 12.1. The van der Waals surface area contributed by atoms with Gasteiger partial charge >= 0.3 is 0 Å². The Labute approximate surface area is 120 Å². The van der Waals surface area contributed by atoms with Crippen LogP contribution in [0.15, 0.2) is 24.3 Å². The van der Waals surface area contributed by atoms with Crippen LogP contribution in [0.4, 0.5) is 0 Å². The molecule has 1 atom stereocenters. The van der Waals surface area contributed by atoms with Gasteiger partial charge in [-0.25, -0.2) is 0 Å². The maximum atomic E-state index is 12.1. The van der Waals surface area contributed by atoms with Gasteiger partial charge in [0, 0.05) is 18.2 Å². The topological polar surface area (TPSA) is 58.6 Å². The molecule has 0 radical (unpaired) electrons. The highest BCUT2D eigenvalue weighted by molar-refractivity contribution is 5.94. The van der Waals surface area contributed by atoms with Gasteiger partial charge in [-0.15, -0.1) is 0 Å². The maximum Gasteiger partial charge on any atom is 0.251 e. The second-order valence-electron chi connectivity index (χ2n) is 4.82. The summed E-state index contributed by atoms with van der Waals surface area (Å²) in [5.41, 5.74) is 1.36. The summed E-state index contributed by atoms with van der Waals surface area (Å²) in [5, 5.41) is 11.6. The fraction of sp³-hybridized carbons (Fsp3) is 0.438. The number of ether oxygens (including phenoxy) is 1. The molecule has 0 aliphatic rings. The molecular formula is C16H21NO3. The summed E-state index contributed by atoms with van der Waals surface area (Å²) < 4.78 is 5.11. The molecule has 20 heavy (non-hydrogen) atoms. The molecule has 108 valence electrons. The second-order valence-corrected chi connectivity index (χ2v) is 4.82. The molecule has 0 aromatic heterocycles. The van der Waals surface area contributed by atoms with E-state index in [1.54, 1.807) is 31.4 Å². The van der Waals surface area contributed by atoms with Crippen molar-refractivity contribution in [2.75, 3.05) is 20.3 Å². The predicted octanol–water partition coefficient (Wildman–Crippen LogP) is 1.43. The van der Waals surface area contributed by atoms with Gasteiger partial charge < -0.3 is 15.2 Å². The number of hydrogen-bond acceptors (Lipinski definition) is 3. The standard InChI is InChI=1S/C16H21NO3/c1-12(2)15(11-20-3)17-16(19)14-8-6-13(7-9-14)5-4-10-18/h6-9,12,15,18H,10-11H2,1-3H3,(H,17,19). The predicted molar refractivity (Wildman–Crippen MR) is 78.4 cm³/mol. The fourth-order valence-electron chi connectivity index (χ4n) is 1.68. The van der Waals surface area contributed by atoms with E-state index < -0.39 is 0 Å². The van der Waals surface area contributed by atoms with Crippen LogP contribution in [0, 0.1) is 17.8 Å². The Morgan fingerprint density at radius 3 is 2.50 bits per heavy atom. The number of aliphatic hydroxyl groups is 1. The van der Waals surface area contributed by atoms with Crippen LogP contribution < -0.4 is 5.32 Å². The molecule has 0 saturated heterocycles. The molecule has 0 aliphatic carbocycles. The van der Waals surface area contributed by atoms with Crippen LogP contribution in [0.2, 0.25) is 0 Å². The van der Waals surface area contributed by atoms with Crippen LogP contribution in [0.3, 0.4) is 0 Å². The SMILES string of the molecule is COCC(NC(=O)c1ccc(C#CCO)cc1)C(C)C. The summed E-state index contributed by atoms with van der Waals surface area (Å²) in [7, 11) is 1.62. The molecule has 1 amide bonds. The number of nitrogens with one attached hydrogen (secondary N) is 1. The highest BCUT2D eigenvalue weighted by atomic mass is 16.5. The molecule has 1 aromatic carbocycles. The number of amides is 1. The Kier molecular flexibility index (Phi) is 6.78. The van der Waals surface area contributed by atoms with E-state index in [1.165, 1.54) is 0 Å². The summed E-state index contributed by atoms with van der Waals surface area (Å²) in [6.45, 7) is 4.40. The summed E-state index contributed by atoms with van der Waals surface area (Å²) in [5.74, 6) is 5.53. The van der Waals surface area contributed by atoms with Gasteiger partial charge in [0.15, 0.2) is 0 Å². The van der Waals surface area contributed by atoms with Crippen LogP contribution in [-0.4, -0.2) is 37.4 Å². The maximum absolute atomic E-state index is 12.1. The molecule has 0 fully saturated rings. The Balaban J connectivity index is 2.72. The van der Waals surface area contributed by atoms with E-state index in [0.717, 1.165) is 5.56 Å². The van der Waals surface area contributed by atoms with Gasteiger partial charge in [0.1, 0.15) is 6.61 Å². The normalized spacial score (nSPS) is 11.7. The van der Waals surface area contributed by atoms with Crippen molar-refractivity contribution in [2.45, 2.75) is 19.9 Å². The first kappa shape index (κ1) is 16.2. The van der Waals surface area contributed by atoms with Gasteiger partial charge in [-0.2, -0.15) is 0 Å². The molecule has 0 aliphatic heterocycles. The molecular weight excluding hydrogens is 254 g/mol. The van der Waals surface area contributed by atoms with E-state index in [2.05, 4.69) is 17.2 Å². The largest absolute Gasteiger partial charge is 0.384 e. The minimum atomic E-state index is -0.171. The first-order chi connectivity index (χ1) is 9.58. The number of methoxy groups -OCH3 is 1. The lowest BCUT2D eigenvalue weighted by Gasteiger charge is -2.21. The van der Waals surface area contributed by atoms with E-state index in [0.29, 0.717) is 18.1 Å². The van der Waals surface area contributed by atoms with Gasteiger partial charge in [0.05, 0.1) is 12.6 Å². The number of rotatable bonds is 5. The molecule has 0 saturated carbocycles. The van der Waals surface area contributed by atoms with Gasteiger partial charge in [-0.3, -0.25) is 4.79 Å². The van der Waals surface area contributed by atoms with Gasteiger partial charge in [0.25, 0.3) is 5.91 Å². The van der Waals surface area contributed by atoms with Crippen LogP contribution in [0.25, 0.3) is 0 Å². The molecule has 0 bridgehead atoms. The Morgan fingerprint density at radius 1 is 1.35 bits per heavy atom. The number of carbonyl (C=O) groups excluding carboxylic acids is 1. The lowest BCUT2D eigenvalue weighted by Crippen LogP contribution is -2.41. The highest BCUT2D eigenvalue weighted by Crippen LogP contribution is 2.07. The molecule has 2 N–H and O–H groups in total. The van der Waals surface area contributed by atoms with Crippen LogP contribution in [0.5, 0.6) is 0 Å². The van der Waals surface area contributed by atoms with E-state index in [4.69, 9.17) is 9.84 Å². The third-order valence-corrected chi connectivity index (χ3v) is 2.93. The second kappa shape index (κ2) is 8.36.